The average Bonchev–Trinajstić information content (AvgIpc) is 2.28. The monoisotopic (exact) mass is 226 g/mol. The summed E-state index contributed by atoms with van der Waals surface area (Å²) in [6.45, 7) is 6.02. The minimum absolute atomic E-state index is 0. The second-order valence-corrected chi connectivity index (χ2v) is 4.10. The highest BCUT2D eigenvalue weighted by molar-refractivity contribution is 5.85. The van der Waals surface area contributed by atoms with Gasteiger partial charge >= 0.3 is 0 Å². The van der Waals surface area contributed by atoms with Gasteiger partial charge in [-0.15, -0.1) is 24.8 Å². The fraction of sp³-hybridized carbons (Fsp3) is 1.00. The molecule has 0 radical (unpaired) electrons. The molecular formula is C9H20Cl2N2. The lowest BCUT2D eigenvalue weighted by molar-refractivity contribution is 0.0879. The van der Waals surface area contributed by atoms with E-state index in [1.54, 1.807) is 0 Å². The van der Waals surface area contributed by atoms with Crippen LogP contribution in [0.15, 0.2) is 0 Å². The standard InChI is InChI=1S/C9H18N2.2ClH/c1-8-9(7-11-8)4-2-3-5-10-6-9;;/h8,10-11H,2-7H2,1H3;2*1H. The second kappa shape index (κ2) is 5.40. The van der Waals surface area contributed by atoms with E-state index in [1.807, 2.05) is 0 Å². The fourth-order valence-corrected chi connectivity index (χ4v) is 2.27. The Morgan fingerprint density at radius 2 is 1.92 bits per heavy atom. The van der Waals surface area contributed by atoms with Crippen molar-refractivity contribution in [1.82, 2.24) is 10.6 Å². The zero-order valence-corrected chi connectivity index (χ0v) is 9.77. The van der Waals surface area contributed by atoms with Crippen molar-refractivity contribution >= 4 is 24.8 Å². The molecular weight excluding hydrogens is 207 g/mol. The Labute approximate surface area is 93.1 Å². The van der Waals surface area contributed by atoms with Gasteiger partial charge in [-0.05, 0) is 26.3 Å². The van der Waals surface area contributed by atoms with Crippen LogP contribution in [0.1, 0.15) is 26.2 Å². The van der Waals surface area contributed by atoms with Gasteiger partial charge in [0.2, 0.25) is 0 Å². The van der Waals surface area contributed by atoms with Crippen molar-refractivity contribution in [3.05, 3.63) is 0 Å². The van der Waals surface area contributed by atoms with E-state index in [1.165, 1.54) is 38.9 Å². The topological polar surface area (TPSA) is 24.1 Å². The van der Waals surface area contributed by atoms with Gasteiger partial charge in [-0.1, -0.05) is 6.42 Å². The SMILES string of the molecule is CC1NCC12CCCCNC2.Cl.Cl. The molecule has 1 spiro atoms. The molecule has 2 fully saturated rings. The molecule has 2 aliphatic rings. The normalized spacial score (nSPS) is 38.1. The summed E-state index contributed by atoms with van der Waals surface area (Å²) in [5, 5.41) is 6.99. The summed E-state index contributed by atoms with van der Waals surface area (Å²) in [5.41, 5.74) is 0.622. The predicted octanol–water partition coefficient (Wildman–Crippen LogP) is 1.58. The molecule has 2 N–H and O–H groups in total. The van der Waals surface area contributed by atoms with Gasteiger partial charge in [0.1, 0.15) is 0 Å². The maximum Gasteiger partial charge on any atom is 0.0120 e. The third-order valence-electron chi connectivity index (χ3n) is 3.43. The lowest BCUT2D eigenvalue weighted by Gasteiger charge is -2.48. The van der Waals surface area contributed by atoms with Crippen LogP contribution in [0.3, 0.4) is 0 Å². The molecule has 2 heterocycles. The molecule has 2 rings (SSSR count). The van der Waals surface area contributed by atoms with Gasteiger partial charge in [-0.3, -0.25) is 0 Å². The third kappa shape index (κ3) is 2.50. The maximum atomic E-state index is 3.53. The number of hydrogen-bond acceptors (Lipinski definition) is 2. The number of hydrogen-bond donors (Lipinski definition) is 2. The van der Waals surface area contributed by atoms with Crippen molar-refractivity contribution in [1.29, 1.82) is 0 Å². The summed E-state index contributed by atoms with van der Waals surface area (Å²) in [4.78, 5) is 0. The molecule has 0 aliphatic carbocycles. The van der Waals surface area contributed by atoms with E-state index in [0.29, 0.717) is 5.41 Å². The summed E-state index contributed by atoms with van der Waals surface area (Å²) >= 11 is 0. The number of nitrogens with one attached hydrogen (secondary N) is 2. The van der Waals surface area contributed by atoms with Crippen LogP contribution in [0.4, 0.5) is 0 Å². The van der Waals surface area contributed by atoms with Crippen molar-refractivity contribution in [2.24, 2.45) is 5.41 Å². The smallest absolute Gasteiger partial charge is 0.0120 e. The van der Waals surface area contributed by atoms with Crippen LogP contribution < -0.4 is 10.6 Å². The van der Waals surface area contributed by atoms with Gasteiger partial charge in [0.05, 0.1) is 0 Å². The molecule has 13 heavy (non-hydrogen) atoms. The third-order valence-corrected chi connectivity index (χ3v) is 3.43. The molecule has 2 unspecified atom stereocenters. The summed E-state index contributed by atoms with van der Waals surface area (Å²) < 4.78 is 0. The van der Waals surface area contributed by atoms with Crippen molar-refractivity contribution < 1.29 is 0 Å². The van der Waals surface area contributed by atoms with Crippen molar-refractivity contribution in [2.75, 3.05) is 19.6 Å². The zero-order valence-electron chi connectivity index (χ0n) is 8.14. The molecule has 4 heteroatoms. The number of rotatable bonds is 0. The summed E-state index contributed by atoms with van der Waals surface area (Å²) in [7, 11) is 0. The van der Waals surface area contributed by atoms with Gasteiger partial charge in [-0.2, -0.15) is 0 Å². The molecule has 2 saturated heterocycles. The van der Waals surface area contributed by atoms with E-state index in [-0.39, 0.29) is 24.8 Å². The van der Waals surface area contributed by atoms with E-state index >= 15 is 0 Å². The van der Waals surface area contributed by atoms with E-state index in [2.05, 4.69) is 17.6 Å². The molecule has 0 saturated carbocycles. The van der Waals surface area contributed by atoms with Gasteiger partial charge in [-0.25, -0.2) is 0 Å². The molecule has 0 bridgehead atoms. The molecule has 0 aromatic heterocycles. The Balaban J connectivity index is 0.000000720. The van der Waals surface area contributed by atoms with Crippen LogP contribution in [-0.2, 0) is 0 Å². The second-order valence-electron chi connectivity index (χ2n) is 4.10. The van der Waals surface area contributed by atoms with Crippen molar-refractivity contribution in [3.63, 3.8) is 0 Å². The summed E-state index contributed by atoms with van der Waals surface area (Å²) in [5.74, 6) is 0. The highest BCUT2D eigenvalue weighted by atomic mass is 35.5. The Morgan fingerprint density at radius 1 is 1.15 bits per heavy atom. The Kier molecular flexibility index (Phi) is 5.61. The molecule has 0 aromatic carbocycles. The quantitative estimate of drug-likeness (QED) is 0.656. The molecule has 2 atom stereocenters. The first-order valence-electron chi connectivity index (χ1n) is 4.78. The predicted molar refractivity (Wildman–Crippen MR) is 61.1 cm³/mol. The molecule has 2 aliphatic heterocycles. The lowest BCUT2D eigenvalue weighted by atomic mass is 9.71. The van der Waals surface area contributed by atoms with Crippen LogP contribution in [-0.4, -0.2) is 25.7 Å². The first-order chi connectivity index (χ1) is 5.33. The summed E-state index contributed by atoms with van der Waals surface area (Å²) in [6.07, 6.45) is 4.21. The van der Waals surface area contributed by atoms with E-state index in [0.717, 1.165) is 6.04 Å². The van der Waals surface area contributed by atoms with E-state index < -0.39 is 0 Å². The summed E-state index contributed by atoms with van der Waals surface area (Å²) in [6, 6.07) is 0.744. The van der Waals surface area contributed by atoms with Gasteiger partial charge in [0.25, 0.3) is 0 Å². The van der Waals surface area contributed by atoms with Crippen LogP contribution in [0.25, 0.3) is 0 Å². The van der Waals surface area contributed by atoms with Crippen LogP contribution in [0, 0.1) is 5.41 Å². The first-order valence-corrected chi connectivity index (χ1v) is 4.78. The molecule has 0 aromatic rings. The Bertz CT molecular complexity index is 145. The van der Waals surface area contributed by atoms with E-state index in [4.69, 9.17) is 0 Å². The maximum absolute atomic E-state index is 3.53. The van der Waals surface area contributed by atoms with Crippen LogP contribution in [0.5, 0.6) is 0 Å². The Morgan fingerprint density at radius 3 is 2.46 bits per heavy atom. The zero-order chi connectivity index (χ0) is 7.73. The average molecular weight is 227 g/mol. The minimum atomic E-state index is 0. The number of halogens is 2. The van der Waals surface area contributed by atoms with E-state index in [9.17, 15) is 0 Å². The van der Waals surface area contributed by atoms with Crippen LogP contribution >= 0.6 is 24.8 Å². The van der Waals surface area contributed by atoms with Gasteiger partial charge in [0, 0.05) is 24.5 Å². The highest BCUT2D eigenvalue weighted by Crippen LogP contribution is 2.35. The largest absolute Gasteiger partial charge is 0.316 e. The fourth-order valence-electron chi connectivity index (χ4n) is 2.27. The van der Waals surface area contributed by atoms with Gasteiger partial charge < -0.3 is 10.6 Å². The lowest BCUT2D eigenvalue weighted by Crippen LogP contribution is -2.64. The van der Waals surface area contributed by atoms with Crippen molar-refractivity contribution in [2.45, 2.75) is 32.2 Å². The molecule has 2 nitrogen and oxygen atoms in total. The first kappa shape index (κ1) is 13.5. The van der Waals surface area contributed by atoms with Crippen molar-refractivity contribution in [3.8, 4) is 0 Å². The Hall–Kier alpha value is 0.500. The minimum Gasteiger partial charge on any atom is -0.316 e. The highest BCUT2D eigenvalue weighted by Gasteiger charge is 2.43. The van der Waals surface area contributed by atoms with Gasteiger partial charge in [0.15, 0.2) is 0 Å². The molecule has 80 valence electrons. The van der Waals surface area contributed by atoms with Crippen LogP contribution in [0.2, 0.25) is 0 Å². The molecule has 0 amide bonds.